The van der Waals surface area contributed by atoms with Gasteiger partial charge in [-0.15, -0.1) is 0 Å². The molecule has 1 aliphatic carbocycles. The fraction of sp³-hybridized carbons (Fsp3) is 0.343. The van der Waals surface area contributed by atoms with E-state index in [4.69, 9.17) is 19.9 Å². The van der Waals surface area contributed by atoms with Crippen LogP contribution in [-0.2, 0) is 29.1 Å². The summed E-state index contributed by atoms with van der Waals surface area (Å²) in [5.74, 6) is 1.89. The molecule has 0 unspecified atom stereocenters. The van der Waals surface area contributed by atoms with Gasteiger partial charge in [0.15, 0.2) is 17.5 Å². The molecule has 0 amide bonds. The lowest BCUT2D eigenvalue weighted by molar-refractivity contribution is 0.590. The summed E-state index contributed by atoms with van der Waals surface area (Å²) in [4.78, 5) is 20.6. The zero-order valence-corrected chi connectivity index (χ0v) is 44.2. The average Bonchev–Trinajstić information content (AvgIpc) is 3.66. The van der Waals surface area contributed by atoms with Gasteiger partial charge < -0.3 is 0 Å². The molecule has 0 atom stereocenters. The average molecular weight is 935 g/mol. The third kappa shape index (κ3) is 10.5. The molecule has 8 aromatic rings. The monoisotopic (exact) mass is 935 g/mol. The van der Waals surface area contributed by atoms with Crippen LogP contribution in [0, 0.1) is 13.8 Å². The maximum Gasteiger partial charge on any atom is 0.165 e. The summed E-state index contributed by atoms with van der Waals surface area (Å²) < 4.78 is 0. The Hall–Kier alpha value is -6.52. The minimum absolute atomic E-state index is 0.0375. The van der Waals surface area contributed by atoms with Crippen LogP contribution in [0.3, 0.4) is 0 Å². The first kappa shape index (κ1) is 49.5. The standard InChI is InChI=1S/C67H74N4/c1-11-13-15-17-21-47-37-45(3)39-55(41-47)67(56-40-46(4)38-48(42-56)22-18-16-14-12-2)59-24-20-19-23-57(59)58-35-29-51(43-60(58)67)61-36-30-52(44-68-61)64-70-62(49-25-31-53(32-26-49)65(5,6)7)69-63(71-64)50-27-33-54(34-28-50)66(8,9)10/h19-20,23-44H,11-18,21-22H2,1-10H3. The van der Waals surface area contributed by atoms with Crippen LogP contribution in [0.15, 0.2) is 146 Å². The number of hydrogen-bond donors (Lipinski definition) is 0. The highest BCUT2D eigenvalue weighted by atomic mass is 15.0. The normalized spacial score (nSPS) is 13.0. The third-order valence-electron chi connectivity index (χ3n) is 14.8. The van der Waals surface area contributed by atoms with Gasteiger partial charge in [0.1, 0.15) is 0 Å². The first-order chi connectivity index (χ1) is 34.1. The van der Waals surface area contributed by atoms with Crippen LogP contribution in [0.1, 0.15) is 162 Å². The molecule has 0 fully saturated rings. The van der Waals surface area contributed by atoms with E-state index in [1.54, 1.807) is 0 Å². The van der Waals surface area contributed by atoms with E-state index in [1.165, 1.54) is 118 Å². The van der Waals surface area contributed by atoms with E-state index in [2.05, 4.69) is 209 Å². The Morgan fingerprint density at radius 3 is 1.37 bits per heavy atom. The summed E-state index contributed by atoms with van der Waals surface area (Å²) in [6.45, 7) is 22.6. The quantitative estimate of drug-likeness (QED) is 0.0906. The smallest absolute Gasteiger partial charge is 0.165 e. The fourth-order valence-corrected chi connectivity index (χ4v) is 10.9. The Bertz CT molecular complexity index is 2990. The van der Waals surface area contributed by atoms with E-state index < -0.39 is 5.41 Å². The molecule has 0 N–H and O–H groups in total. The van der Waals surface area contributed by atoms with E-state index >= 15 is 0 Å². The number of unbranched alkanes of at least 4 members (excludes halogenated alkanes) is 6. The summed E-state index contributed by atoms with van der Waals surface area (Å²) in [6, 6.07) is 52.7. The van der Waals surface area contributed by atoms with Gasteiger partial charge in [0.25, 0.3) is 0 Å². The van der Waals surface area contributed by atoms with Crippen molar-refractivity contribution >= 4 is 0 Å². The van der Waals surface area contributed by atoms with Gasteiger partial charge in [-0.3, -0.25) is 4.98 Å². The molecule has 9 rings (SSSR count). The largest absolute Gasteiger partial charge is 0.255 e. The molecule has 362 valence electrons. The van der Waals surface area contributed by atoms with Crippen molar-refractivity contribution in [1.29, 1.82) is 0 Å². The highest BCUT2D eigenvalue weighted by Crippen LogP contribution is 2.57. The van der Waals surface area contributed by atoms with Gasteiger partial charge in [0.05, 0.1) is 11.1 Å². The summed E-state index contributed by atoms with van der Waals surface area (Å²) in [5.41, 5.74) is 20.3. The number of fused-ring (bicyclic) bond motifs is 3. The first-order valence-corrected chi connectivity index (χ1v) is 26.6. The molecule has 0 saturated heterocycles. The predicted molar refractivity (Wildman–Crippen MR) is 299 cm³/mol. The van der Waals surface area contributed by atoms with Gasteiger partial charge >= 0.3 is 0 Å². The molecular weight excluding hydrogens is 861 g/mol. The molecule has 2 aromatic heterocycles. The number of nitrogens with zero attached hydrogens (tertiary/aromatic N) is 4. The van der Waals surface area contributed by atoms with Crippen molar-refractivity contribution in [2.24, 2.45) is 0 Å². The molecule has 1 aliphatic rings. The predicted octanol–water partition coefficient (Wildman–Crippen LogP) is 17.8. The maximum atomic E-state index is 5.23. The molecule has 4 heteroatoms. The van der Waals surface area contributed by atoms with Gasteiger partial charge in [-0.05, 0) is 124 Å². The van der Waals surface area contributed by atoms with E-state index in [-0.39, 0.29) is 10.8 Å². The van der Waals surface area contributed by atoms with Gasteiger partial charge in [-0.1, -0.05) is 226 Å². The number of aryl methyl sites for hydroxylation is 4. The zero-order valence-electron chi connectivity index (χ0n) is 44.2. The summed E-state index contributed by atoms with van der Waals surface area (Å²) in [7, 11) is 0. The van der Waals surface area contributed by atoms with Gasteiger partial charge in [0, 0.05) is 28.5 Å². The van der Waals surface area contributed by atoms with Crippen LogP contribution in [0.2, 0.25) is 0 Å². The number of benzene rings is 6. The van der Waals surface area contributed by atoms with Crippen molar-refractivity contribution in [2.75, 3.05) is 0 Å². The Balaban J connectivity index is 1.16. The number of hydrogen-bond acceptors (Lipinski definition) is 4. The van der Waals surface area contributed by atoms with E-state index in [1.807, 2.05) is 6.20 Å². The Kier molecular flexibility index (Phi) is 14.4. The second-order valence-electron chi connectivity index (χ2n) is 22.5. The highest BCUT2D eigenvalue weighted by molar-refractivity contribution is 5.88. The summed E-state index contributed by atoms with van der Waals surface area (Å²) in [6.07, 6.45) is 14.1. The summed E-state index contributed by atoms with van der Waals surface area (Å²) in [5, 5.41) is 0. The molecular formula is C67H74N4. The van der Waals surface area contributed by atoms with Crippen molar-refractivity contribution in [2.45, 2.75) is 150 Å². The molecule has 0 saturated carbocycles. The van der Waals surface area contributed by atoms with Gasteiger partial charge in [0.2, 0.25) is 0 Å². The second kappa shape index (κ2) is 20.7. The Labute approximate surface area is 425 Å². The minimum Gasteiger partial charge on any atom is -0.255 e. The van der Waals surface area contributed by atoms with Crippen molar-refractivity contribution in [1.82, 2.24) is 19.9 Å². The molecule has 4 nitrogen and oxygen atoms in total. The maximum absolute atomic E-state index is 5.23. The van der Waals surface area contributed by atoms with Crippen molar-refractivity contribution in [3.05, 3.63) is 201 Å². The molecule has 2 heterocycles. The van der Waals surface area contributed by atoms with Gasteiger partial charge in [-0.25, -0.2) is 15.0 Å². The van der Waals surface area contributed by atoms with Crippen molar-refractivity contribution in [3.63, 3.8) is 0 Å². The lowest BCUT2D eigenvalue weighted by Gasteiger charge is -2.35. The zero-order chi connectivity index (χ0) is 49.9. The number of pyridine rings is 1. The van der Waals surface area contributed by atoms with E-state index in [0.717, 1.165) is 40.8 Å². The molecule has 0 radical (unpaired) electrons. The molecule has 0 aliphatic heterocycles. The molecule has 0 spiro atoms. The molecule has 0 bridgehead atoms. The topological polar surface area (TPSA) is 51.6 Å². The lowest BCUT2D eigenvalue weighted by atomic mass is 9.66. The summed E-state index contributed by atoms with van der Waals surface area (Å²) >= 11 is 0. The first-order valence-electron chi connectivity index (χ1n) is 26.6. The van der Waals surface area contributed by atoms with Crippen molar-refractivity contribution < 1.29 is 0 Å². The lowest BCUT2D eigenvalue weighted by Crippen LogP contribution is -2.29. The molecule has 6 aromatic carbocycles. The van der Waals surface area contributed by atoms with Crippen LogP contribution in [-0.4, -0.2) is 19.9 Å². The van der Waals surface area contributed by atoms with Crippen LogP contribution >= 0.6 is 0 Å². The second-order valence-corrected chi connectivity index (χ2v) is 22.5. The van der Waals surface area contributed by atoms with E-state index in [0.29, 0.717) is 17.5 Å². The van der Waals surface area contributed by atoms with Gasteiger partial charge in [-0.2, -0.15) is 0 Å². The van der Waals surface area contributed by atoms with Crippen LogP contribution < -0.4 is 0 Å². The number of aromatic nitrogens is 4. The highest BCUT2D eigenvalue weighted by Gasteiger charge is 2.46. The third-order valence-corrected chi connectivity index (χ3v) is 14.8. The Morgan fingerprint density at radius 2 is 0.887 bits per heavy atom. The fourth-order valence-electron chi connectivity index (χ4n) is 10.9. The van der Waals surface area contributed by atoms with Crippen LogP contribution in [0.5, 0.6) is 0 Å². The van der Waals surface area contributed by atoms with E-state index in [9.17, 15) is 0 Å². The minimum atomic E-state index is -0.524. The number of rotatable bonds is 16. The SMILES string of the molecule is CCCCCCc1cc(C)cc(C2(c3cc(C)cc(CCCCCC)c3)c3ccccc3-c3ccc(-c4ccc(-c5nc(-c6ccc(C(C)(C)C)cc6)nc(-c6ccc(C(C)(C)C)cc6)n5)cn4)cc32)c1. The Morgan fingerprint density at radius 1 is 0.423 bits per heavy atom. The van der Waals surface area contributed by atoms with Crippen LogP contribution in [0.25, 0.3) is 56.5 Å². The van der Waals surface area contributed by atoms with Crippen molar-refractivity contribution in [3.8, 4) is 56.5 Å². The molecule has 71 heavy (non-hydrogen) atoms. The van der Waals surface area contributed by atoms with Crippen LogP contribution in [0.4, 0.5) is 0 Å².